The number of nitriles is 1. The number of ketones is 1. The molecule has 0 saturated heterocycles. The van der Waals surface area contributed by atoms with Crippen molar-refractivity contribution in [3.8, 4) is 11.8 Å². The van der Waals surface area contributed by atoms with Crippen molar-refractivity contribution in [1.29, 1.82) is 5.26 Å². The van der Waals surface area contributed by atoms with Gasteiger partial charge in [-0.05, 0) is 31.0 Å². The van der Waals surface area contributed by atoms with E-state index in [9.17, 15) is 22.8 Å². The van der Waals surface area contributed by atoms with Gasteiger partial charge in [0.1, 0.15) is 18.8 Å². The normalized spacial score (nSPS) is 13.3. The largest absolute Gasteiger partial charge is 0.494 e. The molecular weight excluding hydrogens is 365 g/mol. The molecule has 0 aliphatic carbocycles. The third-order valence-corrected chi connectivity index (χ3v) is 3.75. The van der Waals surface area contributed by atoms with Gasteiger partial charge in [0.05, 0.1) is 18.2 Å². The summed E-state index contributed by atoms with van der Waals surface area (Å²) in [4.78, 5) is 23.5. The summed E-state index contributed by atoms with van der Waals surface area (Å²) < 4.78 is 41.6. The first kappa shape index (κ1) is 22.4. The Morgan fingerprint density at radius 2 is 1.89 bits per heavy atom. The summed E-state index contributed by atoms with van der Waals surface area (Å²) in [6.07, 6.45) is -5.90. The number of alkyl halides is 3. The van der Waals surface area contributed by atoms with Crippen molar-refractivity contribution in [2.24, 2.45) is 0 Å². The number of ether oxygens (including phenoxy) is 1. The smallest absolute Gasteiger partial charge is 0.389 e. The summed E-state index contributed by atoms with van der Waals surface area (Å²) in [6, 6.07) is 7.87. The first-order chi connectivity index (χ1) is 12.6. The van der Waals surface area contributed by atoms with Crippen molar-refractivity contribution in [3.05, 3.63) is 29.8 Å². The highest BCUT2D eigenvalue weighted by molar-refractivity contribution is 5.83. The first-order valence-corrected chi connectivity index (χ1v) is 8.20. The van der Waals surface area contributed by atoms with Crippen LogP contribution < -0.4 is 10.1 Å². The number of hydrogen-bond donors (Lipinski definition) is 2. The molecule has 0 aromatic heterocycles. The van der Waals surface area contributed by atoms with Crippen LogP contribution in [0, 0.1) is 11.3 Å². The van der Waals surface area contributed by atoms with E-state index in [0.29, 0.717) is 11.3 Å². The molecule has 6 nitrogen and oxygen atoms in total. The maximum absolute atomic E-state index is 12.1. The van der Waals surface area contributed by atoms with Crippen LogP contribution in [0.4, 0.5) is 13.2 Å². The van der Waals surface area contributed by atoms with E-state index < -0.39 is 36.4 Å². The van der Waals surface area contributed by atoms with Crippen LogP contribution in [0.15, 0.2) is 24.3 Å². The Kier molecular flexibility index (Phi) is 8.25. The summed E-state index contributed by atoms with van der Waals surface area (Å²) in [7, 11) is 0. The molecule has 0 aliphatic heterocycles. The molecule has 0 bridgehead atoms. The second-order valence-electron chi connectivity index (χ2n) is 6.18. The number of nitrogens with one attached hydrogen (secondary N) is 1. The fraction of sp³-hybridized carbons (Fsp3) is 0.500. The zero-order valence-electron chi connectivity index (χ0n) is 14.8. The van der Waals surface area contributed by atoms with E-state index in [-0.39, 0.29) is 25.9 Å². The average molecular weight is 386 g/mol. The molecule has 2 N–H and O–H groups in total. The molecule has 0 spiro atoms. The van der Waals surface area contributed by atoms with Gasteiger partial charge in [0.2, 0.25) is 5.91 Å². The zero-order chi connectivity index (χ0) is 20.5. The fourth-order valence-electron chi connectivity index (χ4n) is 2.47. The number of Topliss-reactive ketones (excluding diaryl/α,β-unsaturated/α-hetero) is 1. The summed E-state index contributed by atoms with van der Waals surface area (Å²) in [5.74, 6) is -0.722. The van der Waals surface area contributed by atoms with Crippen molar-refractivity contribution in [1.82, 2.24) is 5.32 Å². The lowest BCUT2D eigenvalue weighted by Crippen LogP contribution is -2.45. The minimum absolute atomic E-state index is 0.0992. The second kappa shape index (κ2) is 9.92. The van der Waals surface area contributed by atoms with Crippen molar-refractivity contribution in [2.75, 3.05) is 13.2 Å². The molecule has 0 unspecified atom stereocenters. The lowest BCUT2D eigenvalue weighted by Gasteiger charge is -2.30. The Hall–Kier alpha value is -2.60. The van der Waals surface area contributed by atoms with Crippen LogP contribution in [0.2, 0.25) is 0 Å². The number of hydrogen-bond acceptors (Lipinski definition) is 5. The van der Waals surface area contributed by atoms with E-state index in [1.807, 2.05) is 0 Å². The third kappa shape index (κ3) is 8.09. The maximum atomic E-state index is 12.1. The van der Waals surface area contributed by atoms with Gasteiger partial charge in [0, 0.05) is 12.8 Å². The minimum atomic E-state index is -4.23. The van der Waals surface area contributed by atoms with Gasteiger partial charge in [-0.25, -0.2) is 0 Å². The van der Waals surface area contributed by atoms with Crippen LogP contribution in [-0.2, 0) is 15.1 Å². The standard InChI is InChI=1S/C18H21F3N2O4/c1-17(11-14(25)12-24,23-16(26)7-9-22)13-3-5-15(6-4-13)27-10-2-8-18(19,20)21/h3-6,24H,2,7-8,10-12H2,1H3,(H,23,26)/t17-/m0/s1. The first-order valence-electron chi connectivity index (χ1n) is 8.20. The number of aliphatic hydroxyl groups excluding tert-OH is 1. The molecule has 1 rings (SSSR count). The Morgan fingerprint density at radius 3 is 2.41 bits per heavy atom. The Labute approximate surface area is 154 Å². The van der Waals surface area contributed by atoms with E-state index in [4.69, 9.17) is 15.1 Å². The topological polar surface area (TPSA) is 99.4 Å². The van der Waals surface area contributed by atoms with E-state index in [1.165, 1.54) is 12.1 Å². The molecule has 27 heavy (non-hydrogen) atoms. The minimum Gasteiger partial charge on any atom is -0.494 e. The van der Waals surface area contributed by atoms with Gasteiger partial charge in [0.15, 0.2) is 5.78 Å². The highest BCUT2D eigenvalue weighted by atomic mass is 19.4. The lowest BCUT2D eigenvalue weighted by atomic mass is 9.86. The number of carbonyl (C=O) groups is 2. The fourth-order valence-corrected chi connectivity index (χ4v) is 2.47. The molecule has 9 heteroatoms. The molecule has 0 aliphatic rings. The molecule has 1 atom stereocenters. The predicted octanol–water partition coefficient (Wildman–Crippen LogP) is 2.60. The van der Waals surface area contributed by atoms with Gasteiger partial charge < -0.3 is 15.2 Å². The molecule has 0 saturated carbocycles. The molecule has 0 fully saturated rings. The van der Waals surface area contributed by atoms with E-state index in [1.54, 1.807) is 25.1 Å². The Balaban J connectivity index is 2.83. The number of rotatable bonds is 10. The molecule has 1 aromatic carbocycles. The van der Waals surface area contributed by atoms with E-state index in [0.717, 1.165) is 0 Å². The van der Waals surface area contributed by atoms with Gasteiger partial charge in [-0.2, -0.15) is 18.4 Å². The van der Waals surface area contributed by atoms with Gasteiger partial charge >= 0.3 is 6.18 Å². The lowest BCUT2D eigenvalue weighted by molar-refractivity contribution is -0.136. The van der Waals surface area contributed by atoms with Gasteiger partial charge in [-0.1, -0.05) is 12.1 Å². The molecule has 1 aromatic rings. The van der Waals surface area contributed by atoms with Gasteiger partial charge in [-0.15, -0.1) is 0 Å². The van der Waals surface area contributed by atoms with Crippen LogP contribution in [-0.4, -0.2) is 36.2 Å². The summed E-state index contributed by atoms with van der Waals surface area (Å²) in [5, 5.41) is 20.2. The number of carbonyl (C=O) groups excluding carboxylic acids is 2. The summed E-state index contributed by atoms with van der Waals surface area (Å²) in [6.45, 7) is 0.789. The number of benzene rings is 1. The highest BCUT2D eigenvalue weighted by Crippen LogP contribution is 2.28. The van der Waals surface area contributed by atoms with E-state index >= 15 is 0 Å². The maximum Gasteiger partial charge on any atom is 0.389 e. The van der Waals surface area contributed by atoms with Crippen LogP contribution in [0.25, 0.3) is 0 Å². The monoisotopic (exact) mass is 386 g/mol. The SMILES string of the molecule is C[C@@](CC(=O)CO)(NC(=O)CC#N)c1ccc(OCCCC(F)(F)F)cc1. The molecule has 1 amide bonds. The Morgan fingerprint density at radius 1 is 1.26 bits per heavy atom. The molecule has 148 valence electrons. The molecule has 0 radical (unpaired) electrons. The van der Waals surface area contributed by atoms with Crippen molar-refractivity contribution >= 4 is 11.7 Å². The number of nitrogens with zero attached hydrogens (tertiary/aromatic N) is 1. The highest BCUT2D eigenvalue weighted by Gasteiger charge is 2.31. The van der Waals surface area contributed by atoms with Crippen molar-refractivity contribution < 1.29 is 32.6 Å². The van der Waals surface area contributed by atoms with Crippen molar-refractivity contribution in [3.63, 3.8) is 0 Å². The van der Waals surface area contributed by atoms with Crippen LogP contribution in [0.5, 0.6) is 5.75 Å². The summed E-state index contributed by atoms with van der Waals surface area (Å²) >= 11 is 0. The van der Waals surface area contributed by atoms with Crippen LogP contribution >= 0.6 is 0 Å². The van der Waals surface area contributed by atoms with E-state index in [2.05, 4.69) is 5.32 Å². The second-order valence-corrected chi connectivity index (χ2v) is 6.18. The number of aliphatic hydroxyl groups is 1. The van der Waals surface area contributed by atoms with Gasteiger partial charge in [-0.3, -0.25) is 9.59 Å². The zero-order valence-corrected chi connectivity index (χ0v) is 14.8. The van der Waals surface area contributed by atoms with Crippen molar-refractivity contribution in [2.45, 2.75) is 44.3 Å². The summed E-state index contributed by atoms with van der Waals surface area (Å²) in [5.41, 5.74) is -0.624. The molecule has 0 heterocycles. The van der Waals surface area contributed by atoms with Crippen LogP contribution in [0.1, 0.15) is 38.2 Å². The predicted molar refractivity (Wildman–Crippen MR) is 89.7 cm³/mol. The molecular formula is C18H21F3N2O4. The number of halogens is 3. The third-order valence-electron chi connectivity index (χ3n) is 3.75. The average Bonchev–Trinajstić information content (AvgIpc) is 2.58. The van der Waals surface area contributed by atoms with Crippen LogP contribution in [0.3, 0.4) is 0 Å². The van der Waals surface area contributed by atoms with Gasteiger partial charge in [0.25, 0.3) is 0 Å². The quantitative estimate of drug-likeness (QED) is 0.602. The Bertz CT molecular complexity index is 683. The number of amides is 1.